The van der Waals surface area contributed by atoms with Crippen molar-refractivity contribution in [3.63, 3.8) is 0 Å². The van der Waals surface area contributed by atoms with E-state index in [0.29, 0.717) is 0 Å². The summed E-state index contributed by atoms with van der Waals surface area (Å²) in [6, 6.07) is 0. The second-order valence-corrected chi connectivity index (χ2v) is 6.96. The molecule has 0 bridgehead atoms. The number of hydrogen-bond donors (Lipinski definition) is 1. The highest BCUT2D eigenvalue weighted by Gasteiger charge is 2.14. The van der Waals surface area contributed by atoms with Crippen LogP contribution >= 0.6 is 11.8 Å². The molecule has 0 radical (unpaired) electrons. The van der Waals surface area contributed by atoms with E-state index in [2.05, 4.69) is 19.1 Å². The van der Waals surface area contributed by atoms with Crippen molar-refractivity contribution in [3.05, 3.63) is 12.2 Å². The minimum absolute atomic E-state index is 0.201. The van der Waals surface area contributed by atoms with E-state index in [4.69, 9.17) is 5.11 Å². The van der Waals surface area contributed by atoms with Crippen LogP contribution in [0.2, 0.25) is 0 Å². The lowest BCUT2D eigenvalue weighted by Crippen LogP contribution is -2.15. The summed E-state index contributed by atoms with van der Waals surface area (Å²) in [5.74, 6) is 0.340. The van der Waals surface area contributed by atoms with Crippen molar-refractivity contribution in [2.75, 3.05) is 5.75 Å². The predicted octanol–water partition coefficient (Wildman–Crippen LogP) is 6.06. The number of unbranched alkanes of at least 4 members (excludes halogenated alkanes) is 9. The van der Waals surface area contributed by atoms with Gasteiger partial charge in [0.2, 0.25) is 0 Å². The summed E-state index contributed by atoms with van der Waals surface area (Å²) >= 11 is 1.61. The molecule has 1 atom stereocenters. The van der Waals surface area contributed by atoms with Crippen LogP contribution < -0.4 is 0 Å². The number of carboxylic acid groups (broad SMARTS) is 1. The number of carbonyl (C=O) groups is 1. The highest BCUT2D eigenvalue weighted by Crippen LogP contribution is 2.18. The largest absolute Gasteiger partial charge is 0.480 e. The zero-order valence-electron chi connectivity index (χ0n) is 14.0. The zero-order valence-corrected chi connectivity index (χ0v) is 14.8. The Hall–Kier alpha value is -0.440. The first-order chi connectivity index (χ1) is 10.2. The molecule has 0 saturated carbocycles. The molecule has 0 fully saturated rings. The Kier molecular flexibility index (Phi) is 15.6. The van der Waals surface area contributed by atoms with Gasteiger partial charge in [-0.1, -0.05) is 64.0 Å². The molecule has 0 aromatic heterocycles. The van der Waals surface area contributed by atoms with Crippen molar-refractivity contribution in [1.29, 1.82) is 0 Å². The third kappa shape index (κ3) is 14.3. The Balaban J connectivity index is 3.17. The van der Waals surface area contributed by atoms with Crippen LogP contribution in [0.15, 0.2) is 12.2 Å². The summed E-state index contributed by atoms with van der Waals surface area (Å²) in [5, 5.41) is 8.74. The lowest BCUT2D eigenvalue weighted by molar-refractivity contribution is -0.136. The third-order valence-corrected chi connectivity index (χ3v) is 5.18. The summed E-state index contributed by atoms with van der Waals surface area (Å²) < 4.78 is 0. The average Bonchev–Trinajstić information content (AvgIpc) is 2.47. The molecule has 0 aromatic carbocycles. The van der Waals surface area contributed by atoms with Gasteiger partial charge in [0.25, 0.3) is 0 Å². The molecule has 0 spiro atoms. The van der Waals surface area contributed by atoms with Crippen molar-refractivity contribution >= 4 is 17.7 Å². The van der Waals surface area contributed by atoms with E-state index in [9.17, 15) is 4.79 Å². The molecule has 21 heavy (non-hydrogen) atoms. The normalized spacial score (nSPS) is 12.9. The second kappa shape index (κ2) is 15.9. The first kappa shape index (κ1) is 20.6. The van der Waals surface area contributed by atoms with Crippen LogP contribution in [-0.4, -0.2) is 22.1 Å². The standard InChI is InChI=1S/C18H34O2S/c1-3-5-6-7-8-9-10-11-12-13-14-15-16-21-17(4-2)18(19)20/h3,5,17H,4,6-16H2,1-2H3,(H,19,20). The van der Waals surface area contributed by atoms with E-state index in [-0.39, 0.29) is 5.25 Å². The number of rotatable bonds is 15. The van der Waals surface area contributed by atoms with Crippen molar-refractivity contribution in [3.8, 4) is 0 Å². The summed E-state index contributed by atoms with van der Waals surface area (Å²) in [6.07, 6.45) is 18.3. The van der Waals surface area contributed by atoms with Crippen molar-refractivity contribution in [2.24, 2.45) is 0 Å². The fourth-order valence-electron chi connectivity index (χ4n) is 2.36. The fraction of sp³-hybridized carbons (Fsp3) is 0.833. The molecule has 0 aliphatic carbocycles. The summed E-state index contributed by atoms with van der Waals surface area (Å²) in [6.45, 7) is 4.03. The molecule has 124 valence electrons. The van der Waals surface area contributed by atoms with Crippen LogP contribution in [0.1, 0.15) is 84.5 Å². The first-order valence-corrected chi connectivity index (χ1v) is 9.72. The van der Waals surface area contributed by atoms with Gasteiger partial charge >= 0.3 is 5.97 Å². The minimum atomic E-state index is -0.656. The highest BCUT2D eigenvalue weighted by molar-refractivity contribution is 8.00. The molecule has 2 nitrogen and oxygen atoms in total. The molecule has 0 heterocycles. The maximum atomic E-state index is 10.9. The number of allylic oxidation sites excluding steroid dienone is 2. The molecule has 0 aliphatic rings. The van der Waals surface area contributed by atoms with E-state index in [0.717, 1.165) is 18.6 Å². The van der Waals surface area contributed by atoms with Gasteiger partial charge in [-0.15, -0.1) is 11.8 Å². The summed E-state index contributed by atoms with van der Waals surface area (Å²) in [5.41, 5.74) is 0. The molecule has 1 N–H and O–H groups in total. The van der Waals surface area contributed by atoms with Gasteiger partial charge < -0.3 is 5.11 Å². The van der Waals surface area contributed by atoms with Gasteiger partial charge in [0.15, 0.2) is 0 Å². The van der Waals surface area contributed by atoms with E-state index in [1.807, 2.05) is 6.92 Å². The van der Waals surface area contributed by atoms with E-state index >= 15 is 0 Å². The smallest absolute Gasteiger partial charge is 0.316 e. The summed E-state index contributed by atoms with van der Waals surface area (Å²) in [7, 11) is 0. The number of aliphatic carboxylic acids is 1. The molecular weight excluding hydrogens is 280 g/mol. The van der Waals surface area contributed by atoms with Gasteiger partial charge in [0.05, 0.1) is 0 Å². The average molecular weight is 315 g/mol. The van der Waals surface area contributed by atoms with Gasteiger partial charge in [-0.2, -0.15) is 0 Å². The Morgan fingerprint density at radius 3 is 2.00 bits per heavy atom. The number of thioether (sulfide) groups is 1. The Labute approximate surface area is 135 Å². The van der Waals surface area contributed by atoms with Crippen molar-refractivity contribution in [2.45, 2.75) is 89.7 Å². The maximum absolute atomic E-state index is 10.9. The Morgan fingerprint density at radius 2 is 1.52 bits per heavy atom. The lowest BCUT2D eigenvalue weighted by atomic mass is 10.1. The summed E-state index contributed by atoms with van der Waals surface area (Å²) in [4.78, 5) is 10.9. The molecule has 0 aromatic rings. The van der Waals surface area contributed by atoms with Crippen LogP contribution in [0.4, 0.5) is 0 Å². The Bertz CT molecular complexity index is 264. The Morgan fingerprint density at radius 1 is 1.00 bits per heavy atom. The minimum Gasteiger partial charge on any atom is -0.480 e. The number of hydrogen-bond acceptors (Lipinski definition) is 2. The lowest BCUT2D eigenvalue weighted by Gasteiger charge is -2.08. The van der Waals surface area contributed by atoms with E-state index in [1.165, 1.54) is 57.8 Å². The molecule has 0 rings (SSSR count). The predicted molar refractivity (Wildman–Crippen MR) is 95.2 cm³/mol. The topological polar surface area (TPSA) is 37.3 Å². The van der Waals surface area contributed by atoms with Crippen LogP contribution in [0.25, 0.3) is 0 Å². The molecule has 3 heteroatoms. The quantitative estimate of drug-likeness (QED) is 0.295. The number of carboxylic acids is 1. The SMILES string of the molecule is CC=CCCCCCCCCCCCSC(CC)C(=O)O. The third-order valence-electron chi connectivity index (χ3n) is 3.72. The fourth-order valence-corrected chi connectivity index (χ4v) is 3.39. The van der Waals surface area contributed by atoms with Gasteiger partial charge in [0.1, 0.15) is 5.25 Å². The molecule has 1 unspecified atom stereocenters. The van der Waals surface area contributed by atoms with Gasteiger partial charge in [-0.25, -0.2) is 0 Å². The van der Waals surface area contributed by atoms with E-state index < -0.39 is 5.97 Å². The highest BCUT2D eigenvalue weighted by atomic mass is 32.2. The van der Waals surface area contributed by atoms with Gasteiger partial charge in [-0.3, -0.25) is 4.79 Å². The van der Waals surface area contributed by atoms with Crippen LogP contribution in [0, 0.1) is 0 Å². The van der Waals surface area contributed by atoms with Crippen LogP contribution in [0.3, 0.4) is 0 Å². The van der Waals surface area contributed by atoms with E-state index in [1.54, 1.807) is 11.8 Å². The van der Waals surface area contributed by atoms with Gasteiger partial charge in [-0.05, 0) is 38.4 Å². The van der Waals surface area contributed by atoms with Crippen LogP contribution in [-0.2, 0) is 4.79 Å². The van der Waals surface area contributed by atoms with Crippen molar-refractivity contribution < 1.29 is 9.90 Å². The van der Waals surface area contributed by atoms with Gasteiger partial charge in [0, 0.05) is 0 Å². The molecule has 0 saturated heterocycles. The molecular formula is C18H34O2S. The molecule has 0 aliphatic heterocycles. The van der Waals surface area contributed by atoms with Crippen molar-refractivity contribution in [1.82, 2.24) is 0 Å². The maximum Gasteiger partial charge on any atom is 0.316 e. The van der Waals surface area contributed by atoms with Crippen LogP contribution in [0.5, 0.6) is 0 Å². The first-order valence-electron chi connectivity index (χ1n) is 8.68. The second-order valence-electron chi connectivity index (χ2n) is 5.65. The zero-order chi connectivity index (χ0) is 15.8. The monoisotopic (exact) mass is 314 g/mol. The molecule has 0 amide bonds.